The maximum Gasteiger partial charge on any atom is 0.304 e. The number of fused-ring (bicyclic) bond motifs is 2. The summed E-state index contributed by atoms with van der Waals surface area (Å²) in [6, 6.07) is 14.7. The molecule has 0 saturated carbocycles. The average Bonchev–Trinajstić information content (AvgIpc) is 3.27. The second-order valence-electron chi connectivity index (χ2n) is 10.3. The molecule has 2 atom stereocenters. The molecule has 3 N–H and O–H groups in total. The third-order valence-electron chi connectivity index (χ3n) is 7.52. The van der Waals surface area contributed by atoms with Crippen LogP contribution in [0.25, 0.3) is 11.0 Å². The summed E-state index contributed by atoms with van der Waals surface area (Å²) in [6.45, 7) is 6.33. The zero-order chi connectivity index (χ0) is 28.8. The number of methoxy groups -OCH3 is 1. The molecule has 0 fully saturated rings. The molecule has 1 aliphatic rings. The molecule has 2 heterocycles. The lowest BCUT2D eigenvalue weighted by molar-refractivity contribution is -0.137. The van der Waals surface area contributed by atoms with Gasteiger partial charge in [0.1, 0.15) is 33.5 Å². The van der Waals surface area contributed by atoms with Gasteiger partial charge in [-0.15, -0.1) is 15.9 Å². The third kappa shape index (κ3) is 5.01. The van der Waals surface area contributed by atoms with E-state index in [1.54, 1.807) is 41.3 Å². The summed E-state index contributed by atoms with van der Waals surface area (Å²) in [5.74, 6) is -0.399. The van der Waals surface area contributed by atoms with Gasteiger partial charge >= 0.3 is 5.97 Å². The zero-order valence-electron chi connectivity index (χ0n) is 23.2. The maximum atomic E-state index is 12.1. The Morgan fingerprint density at radius 1 is 1.20 bits per heavy atom. The smallest absolute Gasteiger partial charge is 0.304 e. The number of hydrogen-bond donors (Lipinski definition) is 3. The fourth-order valence-corrected chi connectivity index (χ4v) is 7.08. The first kappa shape index (κ1) is 27.9. The number of para-hydroxylation sites is 1. The van der Waals surface area contributed by atoms with Gasteiger partial charge in [0.05, 0.1) is 20.1 Å². The van der Waals surface area contributed by atoms with Crippen molar-refractivity contribution in [1.82, 2.24) is 19.3 Å². The molecular formula is C29H34N4O6S. The normalized spacial score (nSPS) is 18.4. The number of carbonyl (C=O) groups is 1. The van der Waals surface area contributed by atoms with Crippen LogP contribution in [0.3, 0.4) is 0 Å². The molecule has 11 heteroatoms. The van der Waals surface area contributed by atoms with E-state index in [1.807, 2.05) is 51.1 Å². The Morgan fingerprint density at radius 2 is 1.95 bits per heavy atom. The number of aryl methyl sites for hydroxylation is 3. The number of benzene rings is 3. The van der Waals surface area contributed by atoms with Crippen molar-refractivity contribution in [1.29, 1.82) is 0 Å². The highest BCUT2D eigenvalue weighted by molar-refractivity contribution is 8.22. The summed E-state index contributed by atoms with van der Waals surface area (Å²) >= 11 is 0. The molecule has 4 aromatic rings. The molecule has 40 heavy (non-hydrogen) atoms. The van der Waals surface area contributed by atoms with E-state index in [4.69, 9.17) is 9.47 Å². The van der Waals surface area contributed by atoms with Gasteiger partial charge in [0, 0.05) is 19.5 Å². The number of carboxylic acids is 1. The number of carboxylic acid groups (broad SMARTS) is 1. The van der Waals surface area contributed by atoms with Crippen LogP contribution in [0.2, 0.25) is 0 Å². The molecule has 1 aromatic heterocycles. The molecule has 0 spiro atoms. The van der Waals surface area contributed by atoms with Crippen LogP contribution in [0.1, 0.15) is 47.1 Å². The van der Waals surface area contributed by atoms with Crippen molar-refractivity contribution >= 4 is 27.8 Å². The molecule has 0 bridgehead atoms. The highest BCUT2D eigenvalue weighted by Crippen LogP contribution is 2.57. The lowest BCUT2D eigenvalue weighted by Crippen LogP contribution is -2.33. The summed E-state index contributed by atoms with van der Waals surface area (Å²) in [5.41, 5.74) is 5.64. The van der Waals surface area contributed by atoms with E-state index < -0.39 is 22.7 Å². The molecule has 1 aliphatic heterocycles. The predicted octanol–water partition coefficient (Wildman–Crippen LogP) is 5.51. The van der Waals surface area contributed by atoms with Gasteiger partial charge < -0.3 is 14.6 Å². The topological polar surface area (TPSA) is 130 Å². The molecule has 10 nitrogen and oxygen atoms in total. The quantitative estimate of drug-likeness (QED) is 0.265. The van der Waals surface area contributed by atoms with Gasteiger partial charge in [0.2, 0.25) is 0 Å². The van der Waals surface area contributed by atoms with Crippen LogP contribution in [0.15, 0.2) is 53.4 Å². The fourth-order valence-electron chi connectivity index (χ4n) is 5.42. The Balaban J connectivity index is 1.58. The van der Waals surface area contributed by atoms with Crippen molar-refractivity contribution in [3.63, 3.8) is 0 Å². The number of aliphatic carboxylic acids is 1. The third-order valence-corrected chi connectivity index (χ3v) is 9.45. The van der Waals surface area contributed by atoms with Gasteiger partial charge in [-0.25, -0.2) is 4.68 Å². The number of nitrogens with zero attached hydrogens (tertiary/aromatic N) is 4. The predicted molar refractivity (Wildman–Crippen MR) is 153 cm³/mol. The van der Waals surface area contributed by atoms with Crippen molar-refractivity contribution < 1.29 is 28.5 Å². The zero-order valence-corrected chi connectivity index (χ0v) is 24.0. The second kappa shape index (κ2) is 10.7. The number of ether oxygens (including phenoxy) is 2. The molecule has 5 rings (SSSR count). The monoisotopic (exact) mass is 566 g/mol. The highest BCUT2D eigenvalue weighted by atomic mass is 32.3. The first-order valence-electron chi connectivity index (χ1n) is 13.0. The maximum absolute atomic E-state index is 12.1. The SMILES string of the molecule is COc1cc(C(CC(=O)O)c2ccc(C)c(CN3CC(C)Oc4ccccc4S3(O)O)c2)c(C)c2nnn(C)c12. The molecular weight excluding hydrogens is 532 g/mol. The first-order valence-corrected chi connectivity index (χ1v) is 14.5. The minimum absolute atomic E-state index is 0.143. The van der Waals surface area contributed by atoms with Crippen LogP contribution in [-0.2, 0) is 18.4 Å². The van der Waals surface area contributed by atoms with Gasteiger partial charge in [-0.1, -0.05) is 35.5 Å². The summed E-state index contributed by atoms with van der Waals surface area (Å²) in [6.07, 6.45) is -0.415. The van der Waals surface area contributed by atoms with Crippen LogP contribution in [0, 0.1) is 13.8 Å². The van der Waals surface area contributed by atoms with Crippen LogP contribution in [0.5, 0.6) is 11.5 Å². The Kier molecular flexibility index (Phi) is 7.49. The van der Waals surface area contributed by atoms with Crippen molar-refractivity contribution in [2.24, 2.45) is 7.05 Å². The fraction of sp³-hybridized carbons (Fsp3) is 0.345. The van der Waals surface area contributed by atoms with E-state index in [2.05, 4.69) is 10.3 Å². The molecule has 0 radical (unpaired) electrons. The lowest BCUT2D eigenvalue weighted by atomic mass is 9.84. The second-order valence-corrected chi connectivity index (χ2v) is 12.3. The highest BCUT2D eigenvalue weighted by Gasteiger charge is 2.34. The Bertz CT molecular complexity index is 1590. The van der Waals surface area contributed by atoms with Gasteiger partial charge in [0.25, 0.3) is 0 Å². The standard InChI is InChI=1S/C29H34N4O6S/c1-17-10-11-20(12-21(17)16-33-15-18(2)39-24-8-6-7-9-26(24)40(33,36)37)23(14-27(34)35)22-13-25(38-5)29-28(19(22)3)30-31-32(29)4/h6-13,18,23,36-37H,14-16H2,1-5H3,(H,34,35). The van der Waals surface area contributed by atoms with Crippen molar-refractivity contribution in [3.8, 4) is 11.5 Å². The molecule has 212 valence electrons. The van der Waals surface area contributed by atoms with E-state index >= 15 is 0 Å². The molecule has 0 saturated heterocycles. The van der Waals surface area contributed by atoms with Crippen LogP contribution in [-0.4, -0.2) is 59.2 Å². The average molecular weight is 567 g/mol. The van der Waals surface area contributed by atoms with Gasteiger partial charge in [-0.3, -0.25) is 13.9 Å². The number of rotatable bonds is 7. The number of aromatic nitrogens is 3. The Labute approximate surface area is 234 Å². The van der Waals surface area contributed by atoms with Gasteiger partial charge in [-0.05, 0) is 66.8 Å². The Hall–Kier alpha value is -3.64. The van der Waals surface area contributed by atoms with Crippen LogP contribution in [0.4, 0.5) is 0 Å². The van der Waals surface area contributed by atoms with Gasteiger partial charge in [-0.2, -0.15) is 4.31 Å². The van der Waals surface area contributed by atoms with Crippen molar-refractivity contribution in [3.05, 3.63) is 76.3 Å². The van der Waals surface area contributed by atoms with E-state index in [0.29, 0.717) is 28.5 Å². The number of hydrogen-bond acceptors (Lipinski definition) is 8. The molecule has 0 aliphatic carbocycles. The van der Waals surface area contributed by atoms with E-state index in [9.17, 15) is 19.0 Å². The minimum Gasteiger partial charge on any atom is -0.494 e. The van der Waals surface area contributed by atoms with E-state index in [1.165, 1.54) is 0 Å². The largest absolute Gasteiger partial charge is 0.494 e. The van der Waals surface area contributed by atoms with E-state index in [-0.39, 0.29) is 19.1 Å². The summed E-state index contributed by atoms with van der Waals surface area (Å²) in [7, 11) is 0.0270. The van der Waals surface area contributed by atoms with Gasteiger partial charge in [0.15, 0.2) is 0 Å². The molecule has 0 amide bonds. The van der Waals surface area contributed by atoms with Crippen molar-refractivity contribution in [2.45, 2.75) is 50.7 Å². The molecule has 2 unspecified atom stereocenters. The van der Waals surface area contributed by atoms with Crippen LogP contribution >= 0.6 is 10.8 Å². The lowest BCUT2D eigenvalue weighted by Gasteiger charge is -2.42. The Morgan fingerprint density at radius 3 is 2.67 bits per heavy atom. The minimum atomic E-state index is -3.33. The first-order chi connectivity index (χ1) is 19.0. The summed E-state index contributed by atoms with van der Waals surface area (Å²) < 4.78 is 37.7. The summed E-state index contributed by atoms with van der Waals surface area (Å²) in [4.78, 5) is 12.4. The van der Waals surface area contributed by atoms with Crippen LogP contribution < -0.4 is 9.47 Å². The molecule has 3 aromatic carbocycles. The summed E-state index contributed by atoms with van der Waals surface area (Å²) in [5, 5.41) is 18.4. The van der Waals surface area contributed by atoms with Crippen molar-refractivity contribution in [2.75, 3.05) is 13.7 Å². The van der Waals surface area contributed by atoms with E-state index in [0.717, 1.165) is 33.3 Å².